The van der Waals surface area contributed by atoms with Crippen LogP contribution < -0.4 is 4.90 Å². The number of carbonyl (C=O) groups excluding carboxylic acids is 1. The van der Waals surface area contributed by atoms with Crippen molar-refractivity contribution in [2.75, 3.05) is 18.0 Å². The molecule has 1 aromatic carbocycles. The van der Waals surface area contributed by atoms with Gasteiger partial charge in [0.1, 0.15) is 0 Å². The topological polar surface area (TPSA) is 36.7 Å². The molecule has 4 heteroatoms. The van der Waals surface area contributed by atoms with E-state index in [9.17, 15) is 4.79 Å². The molecular formula is C17H20N2O2. The molecule has 1 fully saturated rings. The number of benzene rings is 1. The quantitative estimate of drug-likeness (QED) is 0.850. The van der Waals surface area contributed by atoms with Crippen molar-refractivity contribution in [3.63, 3.8) is 0 Å². The highest BCUT2D eigenvalue weighted by Crippen LogP contribution is 2.25. The molecular weight excluding hydrogens is 264 g/mol. The molecule has 1 aliphatic heterocycles. The first-order valence-electron chi connectivity index (χ1n) is 7.33. The van der Waals surface area contributed by atoms with Gasteiger partial charge in [0.25, 0.3) is 5.91 Å². The second-order valence-corrected chi connectivity index (χ2v) is 5.63. The summed E-state index contributed by atoms with van der Waals surface area (Å²) in [5.74, 6) is 0.397. The highest BCUT2D eigenvalue weighted by atomic mass is 16.3. The Bertz CT molecular complexity index is 583. The second kappa shape index (κ2) is 5.64. The van der Waals surface area contributed by atoms with Crippen LogP contribution in [0.15, 0.2) is 53.1 Å². The van der Waals surface area contributed by atoms with E-state index in [1.807, 2.05) is 11.0 Å². The monoisotopic (exact) mass is 284 g/mol. The first-order valence-corrected chi connectivity index (χ1v) is 7.33. The Morgan fingerprint density at radius 1 is 1.05 bits per heavy atom. The van der Waals surface area contributed by atoms with Gasteiger partial charge in [-0.25, -0.2) is 0 Å². The molecule has 0 spiro atoms. The fourth-order valence-corrected chi connectivity index (χ4v) is 3.15. The van der Waals surface area contributed by atoms with Gasteiger partial charge in [0.2, 0.25) is 0 Å². The summed E-state index contributed by atoms with van der Waals surface area (Å²) in [6.45, 7) is 5.73. The minimum atomic E-state index is -0.0218. The van der Waals surface area contributed by atoms with E-state index in [-0.39, 0.29) is 18.0 Å². The largest absolute Gasteiger partial charge is 0.459 e. The number of furan rings is 1. The van der Waals surface area contributed by atoms with Crippen LogP contribution in [0.4, 0.5) is 5.69 Å². The van der Waals surface area contributed by atoms with E-state index in [1.165, 1.54) is 5.69 Å². The lowest BCUT2D eigenvalue weighted by Crippen LogP contribution is -2.58. The minimum absolute atomic E-state index is 0.0218. The lowest BCUT2D eigenvalue weighted by molar-refractivity contribution is 0.0669. The molecule has 110 valence electrons. The average Bonchev–Trinajstić information content (AvgIpc) is 3.01. The highest BCUT2D eigenvalue weighted by Gasteiger charge is 2.32. The van der Waals surface area contributed by atoms with Gasteiger partial charge >= 0.3 is 0 Å². The van der Waals surface area contributed by atoms with Crippen molar-refractivity contribution >= 4 is 11.6 Å². The molecule has 1 amide bonds. The zero-order valence-corrected chi connectivity index (χ0v) is 12.4. The standard InChI is InChI=1S/C17H20N2O2/c1-13-11-18(17(20)16-9-6-10-21-16)12-14(2)19(13)15-7-4-3-5-8-15/h3-10,13-14H,11-12H2,1-2H3. The van der Waals surface area contributed by atoms with Gasteiger partial charge in [-0.15, -0.1) is 0 Å². The normalized spacial score (nSPS) is 22.4. The number of para-hydroxylation sites is 1. The molecule has 2 atom stereocenters. The van der Waals surface area contributed by atoms with Crippen molar-refractivity contribution in [3.05, 3.63) is 54.5 Å². The molecule has 2 unspecified atom stereocenters. The third kappa shape index (κ3) is 2.66. The Kier molecular flexibility index (Phi) is 3.69. The van der Waals surface area contributed by atoms with Crippen LogP contribution in [-0.4, -0.2) is 36.0 Å². The molecule has 0 radical (unpaired) electrons. The average molecular weight is 284 g/mol. The predicted molar refractivity (Wildman–Crippen MR) is 82.5 cm³/mol. The van der Waals surface area contributed by atoms with Crippen LogP contribution in [0, 0.1) is 0 Å². The van der Waals surface area contributed by atoms with E-state index >= 15 is 0 Å². The SMILES string of the molecule is CC1CN(C(=O)c2ccco2)CC(C)N1c1ccccc1. The fourth-order valence-electron chi connectivity index (χ4n) is 3.15. The van der Waals surface area contributed by atoms with Gasteiger partial charge in [0, 0.05) is 30.9 Å². The Balaban J connectivity index is 1.77. The molecule has 3 rings (SSSR count). The summed E-state index contributed by atoms with van der Waals surface area (Å²) < 4.78 is 5.23. The summed E-state index contributed by atoms with van der Waals surface area (Å²) in [6.07, 6.45) is 1.54. The zero-order valence-electron chi connectivity index (χ0n) is 12.4. The third-order valence-electron chi connectivity index (χ3n) is 3.99. The van der Waals surface area contributed by atoms with E-state index in [0.29, 0.717) is 18.8 Å². The molecule has 2 aromatic rings. The van der Waals surface area contributed by atoms with E-state index in [0.717, 1.165) is 0 Å². The van der Waals surface area contributed by atoms with Crippen LogP contribution in [0.25, 0.3) is 0 Å². The lowest BCUT2D eigenvalue weighted by Gasteiger charge is -2.45. The number of carbonyl (C=O) groups is 1. The van der Waals surface area contributed by atoms with Crippen LogP contribution in [0.2, 0.25) is 0 Å². The van der Waals surface area contributed by atoms with Crippen LogP contribution >= 0.6 is 0 Å². The Morgan fingerprint density at radius 2 is 1.71 bits per heavy atom. The fraction of sp³-hybridized carbons (Fsp3) is 0.353. The number of hydrogen-bond acceptors (Lipinski definition) is 3. The van der Waals surface area contributed by atoms with Crippen LogP contribution in [0.1, 0.15) is 24.4 Å². The maximum atomic E-state index is 12.4. The predicted octanol–water partition coefficient (Wildman–Crippen LogP) is 3.02. The Hall–Kier alpha value is -2.23. The van der Waals surface area contributed by atoms with Gasteiger partial charge in [0.15, 0.2) is 5.76 Å². The summed E-state index contributed by atoms with van der Waals surface area (Å²) in [4.78, 5) is 16.7. The summed E-state index contributed by atoms with van der Waals surface area (Å²) in [7, 11) is 0. The Morgan fingerprint density at radius 3 is 2.29 bits per heavy atom. The van der Waals surface area contributed by atoms with Gasteiger partial charge in [-0.05, 0) is 38.1 Å². The summed E-state index contributed by atoms with van der Waals surface area (Å²) in [5.41, 5.74) is 1.21. The van der Waals surface area contributed by atoms with Crippen molar-refractivity contribution in [2.45, 2.75) is 25.9 Å². The summed E-state index contributed by atoms with van der Waals surface area (Å²) in [6, 6.07) is 14.4. The number of rotatable bonds is 2. The van der Waals surface area contributed by atoms with Crippen molar-refractivity contribution in [3.8, 4) is 0 Å². The molecule has 4 nitrogen and oxygen atoms in total. The van der Waals surface area contributed by atoms with Crippen LogP contribution in [-0.2, 0) is 0 Å². The summed E-state index contributed by atoms with van der Waals surface area (Å²) >= 11 is 0. The van der Waals surface area contributed by atoms with E-state index in [2.05, 4.69) is 43.0 Å². The summed E-state index contributed by atoms with van der Waals surface area (Å²) in [5, 5.41) is 0. The number of anilines is 1. The second-order valence-electron chi connectivity index (χ2n) is 5.63. The number of nitrogens with zero attached hydrogens (tertiary/aromatic N) is 2. The molecule has 0 bridgehead atoms. The molecule has 1 aromatic heterocycles. The maximum Gasteiger partial charge on any atom is 0.289 e. The number of piperazine rings is 1. The maximum absolute atomic E-state index is 12.4. The van der Waals surface area contributed by atoms with E-state index < -0.39 is 0 Å². The first-order chi connectivity index (χ1) is 10.2. The third-order valence-corrected chi connectivity index (χ3v) is 3.99. The van der Waals surface area contributed by atoms with Gasteiger partial charge in [-0.3, -0.25) is 4.79 Å². The van der Waals surface area contributed by atoms with E-state index in [1.54, 1.807) is 18.4 Å². The minimum Gasteiger partial charge on any atom is -0.459 e. The molecule has 1 saturated heterocycles. The Labute approximate surface area is 125 Å². The zero-order chi connectivity index (χ0) is 14.8. The number of hydrogen-bond donors (Lipinski definition) is 0. The molecule has 21 heavy (non-hydrogen) atoms. The van der Waals surface area contributed by atoms with Gasteiger partial charge in [-0.1, -0.05) is 18.2 Å². The van der Waals surface area contributed by atoms with Crippen molar-refractivity contribution in [2.24, 2.45) is 0 Å². The first kappa shape index (κ1) is 13.7. The van der Waals surface area contributed by atoms with Crippen LogP contribution in [0.5, 0.6) is 0 Å². The molecule has 0 saturated carbocycles. The van der Waals surface area contributed by atoms with Crippen molar-refractivity contribution in [1.82, 2.24) is 4.90 Å². The lowest BCUT2D eigenvalue weighted by atomic mass is 10.1. The molecule has 0 N–H and O–H groups in total. The molecule has 1 aliphatic rings. The highest BCUT2D eigenvalue weighted by molar-refractivity contribution is 5.91. The van der Waals surface area contributed by atoms with Gasteiger partial charge in [-0.2, -0.15) is 0 Å². The van der Waals surface area contributed by atoms with Gasteiger partial charge < -0.3 is 14.2 Å². The smallest absolute Gasteiger partial charge is 0.289 e. The van der Waals surface area contributed by atoms with E-state index in [4.69, 9.17) is 4.42 Å². The molecule has 2 heterocycles. The van der Waals surface area contributed by atoms with Crippen molar-refractivity contribution < 1.29 is 9.21 Å². The van der Waals surface area contributed by atoms with Crippen LogP contribution in [0.3, 0.4) is 0 Å². The molecule has 0 aliphatic carbocycles. The van der Waals surface area contributed by atoms with Crippen molar-refractivity contribution in [1.29, 1.82) is 0 Å². The number of amides is 1. The van der Waals surface area contributed by atoms with Gasteiger partial charge in [0.05, 0.1) is 6.26 Å².